The molecule has 0 spiro atoms. The Morgan fingerprint density at radius 3 is 2.13 bits per heavy atom. The molecule has 2 amide bonds. The van der Waals surface area contributed by atoms with Crippen LogP contribution in [0, 0.1) is 0 Å². The average molecular weight is 729 g/mol. The van der Waals surface area contributed by atoms with E-state index in [2.05, 4.69) is 21.2 Å². The van der Waals surface area contributed by atoms with Crippen LogP contribution in [0.1, 0.15) is 18.1 Å². The second-order valence-corrected chi connectivity index (χ2v) is 13.5. The third kappa shape index (κ3) is 8.60. The highest BCUT2D eigenvalue weighted by Crippen LogP contribution is 2.33. The minimum Gasteiger partial charge on any atom is -0.493 e. The molecule has 0 aromatic heterocycles. The summed E-state index contributed by atoms with van der Waals surface area (Å²) in [7, 11) is -1.49. The highest BCUT2D eigenvalue weighted by Gasteiger charge is 2.35. The number of halogens is 2. The number of amides is 2. The second kappa shape index (κ2) is 16.0. The minimum absolute atomic E-state index is 0.0611. The molecular weight excluding hydrogens is 694 g/mol. The summed E-state index contributed by atoms with van der Waals surface area (Å²) < 4.78 is 41.1. The number of likely N-dealkylation sites (N-methyl/N-ethyl adjacent to an activating group) is 1. The summed E-state index contributed by atoms with van der Waals surface area (Å²) in [5.74, 6) is -0.365. The summed E-state index contributed by atoms with van der Waals surface area (Å²) in [6, 6.07) is 26.2. The Bertz CT molecular complexity index is 1740. The maximum atomic E-state index is 14.5. The number of anilines is 1. The van der Waals surface area contributed by atoms with Gasteiger partial charge in [0.05, 0.1) is 24.8 Å². The van der Waals surface area contributed by atoms with E-state index in [0.717, 1.165) is 19.9 Å². The van der Waals surface area contributed by atoms with Gasteiger partial charge in [-0.25, -0.2) is 8.42 Å². The van der Waals surface area contributed by atoms with E-state index in [9.17, 15) is 18.0 Å². The highest BCUT2D eigenvalue weighted by atomic mass is 79.9. The Labute approximate surface area is 283 Å². The first-order chi connectivity index (χ1) is 22.1. The lowest BCUT2D eigenvalue weighted by atomic mass is 10.0. The topological polar surface area (TPSA) is 105 Å². The van der Waals surface area contributed by atoms with Gasteiger partial charge in [-0.15, -0.1) is 0 Å². The van der Waals surface area contributed by atoms with Crippen LogP contribution in [-0.2, 0) is 32.6 Å². The molecule has 46 heavy (non-hydrogen) atoms. The number of benzene rings is 4. The lowest BCUT2D eigenvalue weighted by Crippen LogP contribution is -2.53. The van der Waals surface area contributed by atoms with Gasteiger partial charge >= 0.3 is 0 Å². The van der Waals surface area contributed by atoms with Crippen LogP contribution >= 0.6 is 27.5 Å². The van der Waals surface area contributed by atoms with E-state index in [1.165, 1.54) is 49.5 Å². The monoisotopic (exact) mass is 727 g/mol. The van der Waals surface area contributed by atoms with Crippen LogP contribution in [0.5, 0.6) is 11.5 Å². The van der Waals surface area contributed by atoms with E-state index >= 15 is 0 Å². The second-order valence-electron chi connectivity index (χ2n) is 10.3. The molecule has 0 aliphatic carbocycles. The van der Waals surface area contributed by atoms with Gasteiger partial charge in [-0.3, -0.25) is 13.9 Å². The van der Waals surface area contributed by atoms with Crippen molar-refractivity contribution < 1.29 is 27.5 Å². The SMILES string of the molecule is CCNC(=O)[C@@H](Cc1ccccc1)N(Cc1ccc(Br)cc1)C(=O)CN(c1ccc(Cl)cc1)S(=O)(=O)c1ccc(OC)c(OC)c1. The van der Waals surface area contributed by atoms with Crippen molar-refractivity contribution in [2.75, 3.05) is 31.6 Å². The lowest BCUT2D eigenvalue weighted by molar-refractivity contribution is -0.140. The smallest absolute Gasteiger partial charge is 0.264 e. The van der Waals surface area contributed by atoms with E-state index < -0.39 is 28.5 Å². The van der Waals surface area contributed by atoms with Crippen LogP contribution in [0.4, 0.5) is 5.69 Å². The molecule has 0 bridgehead atoms. The number of carbonyl (C=O) groups is 2. The van der Waals surface area contributed by atoms with Crippen molar-refractivity contribution in [3.63, 3.8) is 0 Å². The fraction of sp³-hybridized carbons (Fsp3) is 0.235. The minimum atomic E-state index is -4.35. The van der Waals surface area contributed by atoms with Crippen LogP contribution in [-0.4, -0.2) is 58.5 Å². The van der Waals surface area contributed by atoms with Crippen LogP contribution in [0.15, 0.2) is 106 Å². The zero-order valence-corrected chi connectivity index (χ0v) is 28.8. The van der Waals surface area contributed by atoms with Crippen molar-refractivity contribution in [3.8, 4) is 11.5 Å². The number of hydrogen-bond acceptors (Lipinski definition) is 6. The zero-order chi connectivity index (χ0) is 33.3. The largest absolute Gasteiger partial charge is 0.493 e. The predicted octanol–water partition coefficient (Wildman–Crippen LogP) is 6.09. The first-order valence-electron chi connectivity index (χ1n) is 14.4. The van der Waals surface area contributed by atoms with E-state index in [-0.39, 0.29) is 35.2 Å². The summed E-state index contributed by atoms with van der Waals surface area (Å²) in [5.41, 5.74) is 1.83. The molecule has 0 fully saturated rings. The molecule has 1 N–H and O–H groups in total. The first-order valence-corrected chi connectivity index (χ1v) is 17.0. The van der Waals surface area contributed by atoms with Gasteiger partial charge in [-0.2, -0.15) is 0 Å². The van der Waals surface area contributed by atoms with Crippen molar-refractivity contribution in [2.45, 2.75) is 30.8 Å². The molecular formula is C34H35BrClN3O6S. The third-order valence-electron chi connectivity index (χ3n) is 7.22. The van der Waals surface area contributed by atoms with Crippen LogP contribution in [0.2, 0.25) is 5.02 Å². The maximum Gasteiger partial charge on any atom is 0.264 e. The molecule has 0 unspecified atom stereocenters. The molecule has 4 aromatic carbocycles. The van der Waals surface area contributed by atoms with Gasteiger partial charge in [0.15, 0.2) is 11.5 Å². The molecule has 12 heteroatoms. The van der Waals surface area contributed by atoms with Crippen molar-refractivity contribution in [1.29, 1.82) is 0 Å². The normalized spacial score (nSPS) is 11.8. The number of methoxy groups -OCH3 is 2. The van der Waals surface area contributed by atoms with E-state index in [4.69, 9.17) is 21.1 Å². The van der Waals surface area contributed by atoms with Crippen LogP contribution in [0.3, 0.4) is 0 Å². The fourth-order valence-electron chi connectivity index (χ4n) is 4.87. The molecule has 4 rings (SSSR count). The van der Waals surface area contributed by atoms with Crippen LogP contribution in [0.25, 0.3) is 0 Å². The number of nitrogens with one attached hydrogen (secondary N) is 1. The molecule has 0 saturated heterocycles. The van der Waals surface area contributed by atoms with Gasteiger partial charge < -0.3 is 19.7 Å². The molecule has 4 aromatic rings. The van der Waals surface area contributed by atoms with E-state index in [1.807, 2.05) is 54.6 Å². The Hall–Kier alpha value is -4.06. The quantitative estimate of drug-likeness (QED) is 0.169. The number of carbonyl (C=O) groups excluding carboxylic acids is 2. The summed E-state index contributed by atoms with van der Waals surface area (Å²) >= 11 is 9.58. The Balaban J connectivity index is 1.81. The Kier molecular flexibility index (Phi) is 12.1. The Morgan fingerprint density at radius 1 is 0.870 bits per heavy atom. The Morgan fingerprint density at radius 2 is 1.52 bits per heavy atom. The molecule has 0 aliphatic heterocycles. The van der Waals surface area contributed by atoms with Gasteiger partial charge in [0.1, 0.15) is 12.6 Å². The van der Waals surface area contributed by atoms with Gasteiger partial charge in [-0.1, -0.05) is 70.0 Å². The average Bonchev–Trinajstić information content (AvgIpc) is 3.06. The van der Waals surface area contributed by atoms with Gasteiger partial charge in [0, 0.05) is 35.1 Å². The van der Waals surface area contributed by atoms with Gasteiger partial charge in [0.25, 0.3) is 10.0 Å². The fourth-order valence-corrected chi connectivity index (χ4v) is 6.69. The van der Waals surface area contributed by atoms with Gasteiger partial charge in [-0.05, 0) is 66.6 Å². The molecule has 0 aliphatic rings. The lowest BCUT2D eigenvalue weighted by Gasteiger charge is -2.34. The van der Waals surface area contributed by atoms with E-state index in [0.29, 0.717) is 17.3 Å². The molecule has 0 heterocycles. The van der Waals surface area contributed by atoms with Gasteiger partial charge in [0.2, 0.25) is 11.8 Å². The number of nitrogens with zero attached hydrogens (tertiary/aromatic N) is 2. The molecule has 0 radical (unpaired) electrons. The molecule has 0 saturated carbocycles. The highest BCUT2D eigenvalue weighted by molar-refractivity contribution is 9.10. The molecule has 9 nitrogen and oxygen atoms in total. The van der Waals surface area contributed by atoms with Crippen molar-refractivity contribution in [1.82, 2.24) is 10.2 Å². The zero-order valence-electron chi connectivity index (χ0n) is 25.7. The van der Waals surface area contributed by atoms with E-state index in [1.54, 1.807) is 19.1 Å². The predicted molar refractivity (Wildman–Crippen MR) is 183 cm³/mol. The summed E-state index contributed by atoms with van der Waals surface area (Å²) in [6.07, 6.45) is 0.221. The number of rotatable bonds is 14. The van der Waals surface area contributed by atoms with Crippen molar-refractivity contribution >= 4 is 55.1 Å². The number of ether oxygens (including phenoxy) is 2. The molecule has 1 atom stereocenters. The standard InChI is InChI=1S/C34H35BrClN3O6S/c1-4-37-34(41)30(20-24-8-6-5-7-9-24)38(22-25-10-12-26(35)13-11-25)33(40)23-39(28-16-14-27(36)15-17-28)46(42,43)29-18-19-31(44-2)32(21-29)45-3/h5-19,21,30H,4,20,22-23H2,1-3H3,(H,37,41)/t30-/m1/s1. The number of sulfonamides is 1. The van der Waals surface area contributed by atoms with Crippen molar-refractivity contribution in [3.05, 3.63) is 118 Å². The summed E-state index contributed by atoms with van der Waals surface area (Å²) in [4.78, 5) is 29.4. The number of hydrogen-bond donors (Lipinski definition) is 1. The maximum absolute atomic E-state index is 14.5. The summed E-state index contributed by atoms with van der Waals surface area (Å²) in [5, 5.41) is 3.25. The third-order valence-corrected chi connectivity index (χ3v) is 9.78. The van der Waals surface area contributed by atoms with Crippen LogP contribution < -0.4 is 19.1 Å². The first kappa shape index (κ1) is 34.8. The summed E-state index contributed by atoms with van der Waals surface area (Å²) in [6.45, 7) is 1.62. The molecule has 242 valence electrons. The van der Waals surface area contributed by atoms with Crippen molar-refractivity contribution in [2.24, 2.45) is 0 Å².